The number of cyclic esters (lactones) is 1. The Morgan fingerprint density at radius 1 is 1.33 bits per heavy atom. The van der Waals surface area contributed by atoms with Crippen LogP contribution in [0.2, 0.25) is 0 Å². The number of anilines is 1. The van der Waals surface area contributed by atoms with Crippen molar-refractivity contribution in [3.8, 4) is 0 Å². The molecule has 1 heterocycles. The molecule has 0 aromatic heterocycles. The molecule has 4 N–H and O–H groups in total. The van der Waals surface area contributed by atoms with Gasteiger partial charge in [0, 0.05) is 5.69 Å². The van der Waals surface area contributed by atoms with Crippen LogP contribution in [0, 0.1) is 0 Å². The van der Waals surface area contributed by atoms with Gasteiger partial charge in [0.2, 0.25) is 11.9 Å². The Kier molecular flexibility index (Phi) is 4.20. The van der Waals surface area contributed by atoms with Gasteiger partial charge in [-0.25, -0.2) is 9.59 Å². The van der Waals surface area contributed by atoms with Gasteiger partial charge < -0.3 is 25.4 Å². The second-order valence-corrected chi connectivity index (χ2v) is 4.45. The molecule has 3 unspecified atom stereocenters. The highest BCUT2D eigenvalue weighted by Gasteiger charge is 2.46. The molecule has 0 radical (unpaired) electrons. The highest BCUT2D eigenvalue weighted by atomic mass is 16.6. The molecule has 1 aromatic rings. The number of hydrogen-bond donors (Lipinski definition) is 3. The summed E-state index contributed by atoms with van der Waals surface area (Å²) < 4.78 is 9.31. The van der Waals surface area contributed by atoms with Crippen LogP contribution >= 0.6 is 0 Å². The molecule has 1 fully saturated rings. The summed E-state index contributed by atoms with van der Waals surface area (Å²) in [5, 5.41) is 18.8. The standard InChI is InChI=1S/C13H13NO7/c14-7-3-1-6(2-4-7)12(18)20-5-8(15)11-9(16)10(17)13(19)21-11/h1-4,8,10-11,15,17H,5,14H2. The third-order valence-electron chi connectivity index (χ3n) is 2.90. The van der Waals surface area contributed by atoms with E-state index in [1.165, 1.54) is 24.3 Å². The zero-order chi connectivity index (χ0) is 15.6. The monoisotopic (exact) mass is 295 g/mol. The lowest BCUT2D eigenvalue weighted by molar-refractivity contribution is -0.151. The fraction of sp³-hybridized carbons (Fsp3) is 0.308. The van der Waals surface area contributed by atoms with Crippen LogP contribution in [0.1, 0.15) is 10.4 Å². The van der Waals surface area contributed by atoms with Crippen molar-refractivity contribution in [2.45, 2.75) is 18.3 Å². The van der Waals surface area contributed by atoms with Crippen LogP contribution in [-0.2, 0) is 19.1 Å². The maximum atomic E-state index is 11.7. The van der Waals surface area contributed by atoms with E-state index in [0.29, 0.717) is 5.69 Å². The van der Waals surface area contributed by atoms with Crippen LogP contribution in [0.25, 0.3) is 0 Å². The number of carbonyl (C=O) groups is 3. The Morgan fingerprint density at radius 3 is 2.48 bits per heavy atom. The fourth-order valence-electron chi connectivity index (χ4n) is 1.74. The zero-order valence-corrected chi connectivity index (χ0v) is 10.8. The zero-order valence-electron chi connectivity index (χ0n) is 10.8. The highest BCUT2D eigenvalue weighted by Crippen LogP contribution is 2.15. The van der Waals surface area contributed by atoms with Gasteiger partial charge in [0.25, 0.3) is 0 Å². The van der Waals surface area contributed by atoms with Crippen LogP contribution in [0.4, 0.5) is 5.69 Å². The molecule has 3 atom stereocenters. The third kappa shape index (κ3) is 3.18. The maximum Gasteiger partial charge on any atom is 0.343 e. The SMILES string of the molecule is Nc1ccc(C(=O)OCC(O)C2OC(=O)C(O)C2=O)cc1. The van der Waals surface area contributed by atoms with Gasteiger partial charge in [-0.05, 0) is 24.3 Å². The van der Waals surface area contributed by atoms with Crippen molar-refractivity contribution in [2.24, 2.45) is 0 Å². The number of Topliss-reactive ketones (excluding diaryl/α,β-unsaturated/α-hetero) is 1. The fourth-order valence-corrected chi connectivity index (χ4v) is 1.74. The van der Waals surface area contributed by atoms with Gasteiger partial charge in [-0.1, -0.05) is 0 Å². The first kappa shape index (κ1) is 14.9. The van der Waals surface area contributed by atoms with Crippen LogP contribution in [0.3, 0.4) is 0 Å². The van der Waals surface area contributed by atoms with Crippen molar-refractivity contribution in [1.82, 2.24) is 0 Å². The van der Waals surface area contributed by atoms with Crippen LogP contribution in [0.15, 0.2) is 24.3 Å². The maximum absolute atomic E-state index is 11.7. The first-order valence-electron chi connectivity index (χ1n) is 6.03. The number of nitrogens with two attached hydrogens (primary N) is 1. The Balaban J connectivity index is 1.91. The summed E-state index contributed by atoms with van der Waals surface area (Å²) in [5.74, 6) is -2.82. The number of carbonyl (C=O) groups excluding carboxylic acids is 3. The lowest BCUT2D eigenvalue weighted by Gasteiger charge is -2.15. The third-order valence-corrected chi connectivity index (χ3v) is 2.90. The van der Waals surface area contributed by atoms with Crippen LogP contribution < -0.4 is 5.73 Å². The molecular weight excluding hydrogens is 282 g/mol. The van der Waals surface area contributed by atoms with Crippen molar-refractivity contribution in [1.29, 1.82) is 0 Å². The van der Waals surface area contributed by atoms with Crippen molar-refractivity contribution in [2.75, 3.05) is 12.3 Å². The predicted octanol–water partition coefficient (Wildman–Crippen LogP) is -1.36. The number of esters is 2. The second-order valence-electron chi connectivity index (χ2n) is 4.45. The number of aliphatic hydroxyl groups excluding tert-OH is 2. The van der Waals surface area contributed by atoms with E-state index in [0.717, 1.165) is 0 Å². The molecule has 2 rings (SSSR count). The Bertz CT molecular complexity index is 568. The van der Waals surface area contributed by atoms with Gasteiger partial charge in [0.1, 0.15) is 12.7 Å². The van der Waals surface area contributed by atoms with E-state index >= 15 is 0 Å². The van der Waals surface area contributed by atoms with E-state index in [2.05, 4.69) is 4.74 Å². The quantitative estimate of drug-likeness (QED) is 0.352. The predicted molar refractivity (Wildman–Crippen MR) is 68.0 cm³/mol. The molecule has 0 amide bonds. The average molecular weight is 295 g/mol. The molecular formula is C13H13NO7. The molecule has 8 nitrogen and oxygen atoms in total. The average Bonchev–Trinajstić information content (AvgIpc) is 2.73. The Morgan fingerprint density at radius 2 is 1.95 bits per heavy atom. The largest absolute Gasteiger partial charge is 0.459 e. The molecule has 0 bridgehead atoms. The van der Waals surface area contributed by atoms with E-state index in [-0.39, 0.29) is 5.56 Å². The van der Waals surface area contributed by atoms with Crippen molar-refractivity contribution >= 4 is 23.4 Å². The molecule has 1 aromatic carbocycles. The van der Waals surface area contributed by atoms with E-state index < -0.39 is 42.6 Å². The normalized spacial score (nSPS) is 22.8. The van der Waals surface area contributed by atoms with E-state index in [9.17, 15) is 19.5 Å². The molecule has 1 aliphatic heterocycles. The minimum Gasteiger partial charge on any atom is -0.459 e. The van der Waals surface area contributed by atoms with Gasteiger partial charge in [0.15, 0.2) is 6.10 Å². The highest BCUT2D eigenvalue weighted by molar-refractivity contribution is 6.09. The number of ketones is 1. The molecule has 8 heteroatoms. The molecule has 0 spiro atoms. The molecule has 112 valence electrons. The number of aliphatic hydroxyl groups is 2. The minimum absolute atomic E-state index is 0.214. The number of benzene rings is 1. The van der Waals surface area contributed by atoms with Gasteiger partial charge in [0.05, 0.1) is 5.56 Å². The summed E-state index contributed by atoms with van der Waals surface area (Å²) in [4.78, 5) is 34.0. The number of hydrogen-bond acceptors (Lipinski definition) is 8. The summed E-state index contributed by atoms with van der Waals surface area (Å²) in [6, 6.07) is 5.89. The lowest BCUT2D eigenvalue weighted by atomic mass is 10.1. The van der Waals surface area contributed by atoms with Crippen molar-refractivity contribution in [3.63, 3.8) is 0 Å². The van der Waals surface area contributed by atoms with Crippen LogP contribution in [-0.4, -0.2) is 52.9 Å². The summed E-state index contributed by atoms with van der Waals surface area (Å²) >= 11 is 0. The molecule has 1 saturated heterocycles. The minimum atomic E-state index is -1.91. The lowest BCUT2D eigenvalue weighted by Crippen LogP contribution is -2.38. The molecule has 1 aliphatic rings. The molecule has 0 aliphatic carbocycles. The van der Waals surface area contributed by atoms with Gasteiger partial charge in [-0.2, -0.15) is 0 Å². The number of nitrogen functional groups attached to an aromatic ring is 1. The van der Waals surface area contributed by atoms with Crippen molar-refractivity contribution < 1.29 is 34.1 Å². The molecule has 0 saturated carbocycles. The van der Waals surface area contributed by atoms with Gasteiger partial charge in [-0.15, -0.1) is 0 Å². The van der Waals surface area contributed by atoms with E-state index in [1.54, 1.807) is 0 Å². The Hall–Kier alpha value is -2.45. The summed E-state index contributed by atoms with van der Waals surface area (Å²) in [6.45, 7) is -0.556. The second kappa shape index (κ2) is 5.90. The number of ether oxygens (including phenoxy) is 2. The Labute approximate surface area is 119 Å². The topological polar surface area (TPSA) is 136 Å². The summed E-state index contributed by atoms with van der Waals surface area (Å²) in [7, 11) is 0. The first-order chi connectivity index (χ1) is 9.90. The summed E-state index contributed by atoms with van der Waals surface area (Å²) in [6.07, 6.45) is -4.99. The van der Waals surface area contributed by atoms with E-state index in [1.807, 2.05) is 0 Å². The smallest absolute Gasteiger partial charge is 0.343 e. The first-order valence-corrected chi connectivity index (χ1v) is 6.03. The van der Waals surface area contributed by atoms with Gasteiger partial charge >= 0.3 is 11.9 Å². The summed E-state index contributed by atoms with van der Waals surface area (Å²) in [5.41, 5.74) is 6.16. The van der Waals surface area contributed by atoms with Crippen LogP contribution in [0.5, 0.6) is 0 Å². The van der Waals surface area contributed by atoms with Gasteiger partial charge in [-0.3, -0.25) is 4.79 Å². The number of rotatable bonds is 4. The molecule has 21 heavy (non-hydrogen) atoms. The van der Waals surface area contributed by atoms with Crippen molar-refractivity contribution in [3.05, 3.63) is 29.8 Å². The van der Waals surface area contributed by atoms with E-state index in [4.69, 9.17) is 15.6 Å².